The Labute approximate surface area is 179 Å². The molecule has 1 aromatic carbocycles. The van der Waals surface area contributed by atoms with Gasteiger partial charge in [-0.15, -0.1) is 0 Å². The van der Waals surface area contributed by atoms with Crippen molar-refractivity contribution in [1.29, 1.82) is 0 Å². The van der Waals surface area contributed by atoms with Crippen molar-refractivity contribution in [2.75, 3.05) is 33.3 Å². The highest BCUT2D eigenvalue weighted by atomic mass is 32.2. The quantitative estimate of drug-likeness (QED) is 0.677. The maximum Gasteiger partial charge on any atom is 0.218 e. The second kappa shape index (κ2) is 9.14. The first-order valence-electron chi connectivity index (χ1n) is 10.6. The number of pyridine rings is 1. The largest absolute Gasteiger partial charge is 0.376 e. The number of piperidine rings is 1. The van der Waals surface area contributed by atoms with Gasteiger partial charge in [0.25, 0.3) is 0 Å². The molecule has 2 aliphatic rings. The number of hydrogen-bond donors (Lipinski definition) is 0. The van der Waals surface area contributed by atoms with E-state index in [0.29, 0.717) is 13.1 Å². The van der Waals surface area contributed by atoms with Gasteiger partial charge in [0.05, 0.1) is 18.5 Å². The molecule has 2 aromatic rings. The summed E-state index contributed by atoms with van der Waals surface area (Å²) < 4.78 is 33.5. The van der Waals surface area contributed by atoms with Crippen molar-refractivity contribution in [2.24, 2.45) is 5.41 Å². The van der Waals surface area contributed by atoms with Crippen LogP contribution in [0.25, 0.3) is 0 Å². The lowest BCUT2D eigenvalue weighted by Gasteiger charge is -2.37. The van der Waals surface area contributed by atoms with Crippen LogP contribution in [0.4, 0.5) is 0 Å². The van der Waals surface area contributed by atoms with Crippen LogP contribution in [0.5, 0.6) is 0 Å². The first-order valence-corrected chi connectivity index (χ1v) is 12.3. The van der Waals surface area contributed by atoms with Crippen LogP contribution >= 0.6 is 0 Å². The van der Waals surface area contributed by atoms with Crippen LogP contribution in [0.2, 0.25) is 0 Å². The van der Waals surface area contributed by atoms with Crippen molar-refractivity contribution in [2.45, 2.75) is 37.7 Å². The number of benzene rings is 1. The average Bonchev–Trinajstić information content (AvgIpc) is 3.11. The Bertz CT molecular complexity index is 913. The minimum absolute atomic E-state index is 0.0824. The first kappa shape index (κ1) is 21.4. The van der Waals surface area contributed by atoms with Gasteiger partial charge in [0.15, 0.2) is 0 Å². The predicted molar refractivity (Wildman–Crippen MR) is 117 cm³/mol. The van der Waals surface area contributed by atoms with Gasteiger partial charge >= 0.3 is 0 Å². The molecule has 1 spiro atoms. The fourth-order valence-corrected chi connectivity index (χ4v) is 6.23. The number of hydrogen-bond acceptors (Lipinski definition) is 5. The lowest BCUT2D eigenvalue weighted by molar-refractivity contribution is 0.0618. The highest BCUT2D eigenvalue weighted by Crippen LogP contribution is 2.42. The summed E-state index contributed by atoms with van der Waals surface area (Å²) in [5.41, 5.74) is 2.17. The van der Waals surface area contributed by atoms with Crippen molar-refractivity contribution in [3.63, 3.8) is 0 Å². The molecule has 4 rings (SSSR count). The van der Waals surface area contributed by atoms with Gasteiger partial charge < -0.3 is 4.74 Å². The van der Waals surface area contributed by atoms with Gasteiger partial charge in [-0.3, -0.25) is 9.88 Å². The second-order valence-corrected chi connectivity index (χ2v) is 10.8. The van der Waals surface area contributed by atoms with Crippen LogP contribution in [-0.4, -0.2) is 62.0 Å². The summed E-state index contributed by atoms with van der Waals surface area (Å²) in [4.78, 5) is 6.46. The van der Waals surface area contributed by atoms with Crippen molar-refractivity contribution >= 4 is 10.0 Å². The summed E-state index contributed by atoms with van der Waals surface area (Å²) in [5, 5.41) is 0. The summed E-state index contributed by atoms with van der Waals surface area (Å²) >= 11 is 0. The van der Waals surface area contributed by atoms with E-state index in [-0.39, 0.29) is 17.3 Å². The van der Waals surface area contributed by atoms with Gasteiger partial charge in [0, 0.05) is 38.6 Å². The summed E-state index contributed by atoms with van der Waals surface area (Å²) in [5.74, 6) is 0.0824. The van der Waals surface area contributed by atoms with Crippen LogP contribution in [0.1, 0.15) is 30.4 Å². The number of ether oxygens (including phenoxy) is 1. The summed E-state index contributed by atoms with van der Waals surface area (Å²) in [6.45, 7) is 3.66. The van der Waals surface area contributed by atoms with E-state index in [4.69, 9.17) is 4.74 Å². The maximum absolute atomic E-state index is 12.8. The van der Waals surface area contributed by atoms with E-state index in [2.05, 4.69) is 23.0 Å². The lowest BCUT2D eigenvalue weighted by Crippen LogP contribution is -2.44. The molecule has 1 unspecified atom stereocenters. The van der Waals surface area contributed by atoms with Crippen LogP contribution in [0, 0.1) is 5.41 Å². The van der Waals surface area contributed by atoms with E-state index in [1.165, 1.54) is 5.56 Å². The molecule has 6 nitrogen and oxygen atoms in total. The van der Waals surface area contributed by atoms with Crippen LogP contribution < -0.4 is 0 Å². The fourth-order valence-electron chi connectivity index (χ4n) is 4.69. The van der Waals surface area contributed by atoms with E-state index in [1.54, 1.807) is 10.5 Å². The highest BCUT2D eigenvalue weighted by Gasteiger charge is 2.44. The van der Waals surface area contributed by atoms with Crippen molar-refractivity contribution < 1.29 is 13.2 Å². The molecule has 0 amide bonds. The third-order valence-electron chi connectivity index (χ3n) is 6.34. The molecule has 0 radical (unpaired) electrons. The van der Waals surface area contributed by atoms with Crippen LogP contribution in [0.15, 0.2) is 54.9 Å². The SMILES string of the molecule is CN(Cc1cccnc1)CC1CC2(CCN(S(=O)(=O)Cc3ccccc3)CC2)CO1. The van der Waals surface area contributed by atoms with E-state index in [0.717, 1.165) is 44.5 Å². The number of rotatable bonds is 7. The Morgan fingerprint density at radius 3 is 2.57 bits per heavy atom. The molecule has 1 atom stereocenters. The van der Waals surface area contributed by atoms with Gasteiger partial charge in [-0.1, -0.05) is 36.4 Å². The topological polar surface area (TPSA) is 62.7 Å². The Morgan fingerprint density at radius 2 is 1.87 bits per heavy atom. The van der Waals surface area contributed by atoms with Crippen molar-refractivity contribution in [1.82, 2.24) is 14.2 Å². The standard InChI is InChI=1S/C23H31N3O3S/c1-25(16-21-8-5-11-24-15-21)17-22-14-23(19-29-22)9-12-26(13-10-23)30(27,28)18-20-6-3-2-4-7-20/h2-8,11,15,22H,9-10,12-14,16-19H2,1H3. The molecule has 0 bridgehead atoms. The zero-order valence-electron chi connectivity index (χ0n) is 17.6. The number of likely N-dealkylation sites (N-methyl/N-ethyl adjacent to an activating group) is 1. The summed E-state index contributed by atoms with van der Waals surface area (Å²) in [6, 6.07) is 13.5. The molecule has 0 aliphatic carbocycles. The van der Waals surface area contributed by atoms with Crippen molar-refractivity contribution in [3.8, 4) is 0 Å². The molecule has 162 valence electrons. The van der Waals surface area contributed by atoms with Crippen LogP contribution in [0.3, 0.4) is 0 Å². The lowest BCUT2D eigenvalue weighted by atomic mass is 9.77. The number of nitrogens with zero attached hydrogens (tertiary/aromatic N) is 3. The third kappa shape index (κ3) is 5.27. The molecule has 2 saturated heterocycles. The minimum Gasteiger partial charge on any atom is -0.376 e. The molecule has 0 saturated carbocycles. The van der Waals surface area contributed by atoms with E-state index < -0.39 is 10.0 Å². The molecule has 30 heavy (non-hydrogen) atoms. The molecule has 2 aliphatic heterocycles. The normalized spacial score (nSPS) is 22.0. The molecule has 7 heteroatoms. The van der Waals surface area contributed by atoms with Crippen molar-refractivity contribution in [3.05, 3.63) is 66.0 Å². The van der Waals surface area contributed by atoms with Gasteiger partial charge in [-0.05, 0) is 48.9 Å². The van der Waals surface area contributed by atoms with Gasteiger partial charge in [0.2, 0.25) is 10.0 Å². The third-order valence-corrected chi connectivity index (χ3v) is 8.19. The monoisotopic (exact) mass is 429 g/mol. The van der Waals surface area contributed by atoms with E-state index in [1.807, 2.05) is 42.6 Å². The molecule has 2 fully saturated rings. The second-order valence-electron chi connectivity index (χ2n) is 8.84. The minimum atomic E-state index is -3.27. The highest BCUT2D eigenvalue weighted by molar-refractivity contribution is 7.88. The Balaban J connectivity index is 1.27. The number of sulfonamides is 1. The maximum atomic E-state index is 12.8. The zero-order valence-corrected chi connectivity index (χ0v) is 18.4. The molecular formula is C23H31N3O3S. The summed E-state index contributed by atoms with van der Waals surface area (Å²) in [6.07, 6.45) is 6.67. The Hall–Kier alpha value is -1.80. The molecule has 1 aromatic heterocycles. The zero-order chi connectivity index (χ0) is 21.0. The fraction of sp³-hybridized carbons (Fsp3) is 0.522. The Morgan fingerprint density at radius 1 is 1.13 bits per heavy atom. The predicted octanol–water partition coefficient (Wildman–Crippen LogP) is 2.91. The molecular weight excluding hydrogens is 398 g/mol. The van der Waals surface area contributed by atoms with Crippen LogP contribution in [-0.2, 0) is 27.1 Å². The molecule has 3 heterocycles. The van der Waals surface area contributed by atoms with E-state index >= 15 is 0 Å². The Kier molecular flexibility index (Phi) is 6.53. The molecule has 0 N–H and O–H groups in total. The number of aromatic nitrogens is 1. The van der Waals surface area contributed by atoms with E-state index in [9.17, 15) is 8.42 Å². The summed E-state index contributed by atoms with van der Waals surface area (Å²) in [7, 11) is -1.16. The van der Waals surface area contributed by atoms with Gasteiger partial charge in [-0.2, -0.15) is 0 Å². The average molecular weight is 430 g/mol. The van der Waals surface area contributed by atoms with Gasteiger partial charge in [0.1, 0.15) is 0 Å². The van der Waals surface area contributed by atoms with Gasteiger partial charge in [-0.25, -0.2) is 12.7 Å². The smallest absolute Gasteiger partial charge is 0.218 e. The first-order chi connectivity index (χ1) is 14.4.